The van der Waals surface area contributed by atoms with Crippen molar-refractivity contribution in [1.29, 1.82) is 0 Å². The zero-order chi connectivity index (χ0) is 22.2. The van der Waals surface area contributed by atoms with Crippen LogP contribution in [0.25, 0.3) is 28.0 Å². The molecular weight excluding hydrogens is 410 g/mol. The molecule has 0 radical (unpaired) electrons. The molecule has 2 amide bonds. The summed E-state index contributed by atoms with van der Waals surface area (Å²) in [6.45, 7) is 1.05. The molecular formula is C22H21N7O3. The van der Waals surface area contributed by atoms with Gasteiger partial charge in [-0.2, -0.15) is 10.2 Å². The van der Waals surface area contributed by atoms with Gasteiger partial charge in [-0.25, -0.2) is 14.3 Å². The van der Waals surface area contributed by atoms with E-state index in [4.69, 9.17) is 10.1 Å². The summed E-state index contributed by atoms with van der Waals surface area (Å²) >= 11 is 0. The molecule has 32 heavy (non-hydrogen) atoms. The minimum absolute atomic E-state index is 0.0995. The topological polar surface area (TPSA) is 109 Å². The first-order valence-corrected chi connectivity index (χ1v) is 10.2. The van der Waals surface area contributed by atoms with Crippen molar-refractivity contribution < 1.29 is 14.7 Å². The van der Waals surface area contributed by atoms with E-state index in [2.05, 4.69) is 10.2 Å². The summed E-state index contributed by atoms with van der Waals surface area (Å²) in [5, 5.41) is 17.7. The highest BCUT2D eigenvalue weighted by atomic mass is 16.4. The number of benzene rings is 1. The normalized spacial score (nSPS) is 14.3. The van der Waals surface area contributed by atoms with Gasteiger partial charge in [0.25, 0.3) is 0 Å². The smallest absolute Gasteiger partial charge is 0.407 e. The van der Waals surface area contributed by atoms with E-state index in [9.17, 15) is 9.59 Å². The van der Waals surface area contributed by atoms with Gasteiger partial charge in [-0.1, -0.05) is 24.3 Å². The Kier molecular flexibility index (Phi) is 4.81. The summed E-state index contributed by atoms with van der Waals surface area (Å²) in [5.41, 5.74) is 5.29. The minimum atomic E-state index is -1.06. The molecule has 1 aromatic carbocycles. The number of carboxylic acid groups (broad SMARTS) is 1. The van der Waals surface area contributed by atoms with Crippen molar-refractivity contribution in [3.05, 3.63) is 60.7 Å². The summed E-state index contributed by atoms with van der Waals surface area (Å²) in [6.07, 6.45) is 6.24. The Morgan fingerprint density at radius 2 is 1.88 bits per heavy atom. The Labute approximate surface area is 183 Å². The molecule has 0 spiro atoms. The van der Waals surface area contributed by atoms with E-state index in [0.29, 0.717) is 19.6 Å². The molecule has 1 fully saturated rings. The molecule has 10 nitrogen and oxygen atoms in total. The molecule has 0 bridgehead atoms. The number of hydrogen-bond acceptors (Lipinski definition) is 5. The number of aromatic nitrogens is 5. The van der Waals surface area contributed by atoms with Gasteiger partial charge in [-0.05, 0) is 11.6 Å². The second-order valence-electron chi connectivity index (χ2n) is 7.75. The zero-order valence-electron chi connectivity index (χ0n) is 17.4. The maximum atomic E-state index is 12.3. The summed E-state index contributed by atoms with van der Waals surface area (Å²) in [6, 6.07) is 9.82. The fourth-order valence-electron chi connectivity index (χ4n) is 3.86. The van der Waals surface area contributed by atoms with Crippen LogP contribution in [0.15, 0.2) is 55.1 Å². The lowest BCUT2D eigenvalue weighted by Gasteiger charge is -2.32. The van der Waals surface area contributed by atoms with E-state index < -0.39 is 6.09 Å². The standard InChI is InChI=1S/C22H21N7O3/c1-26-12-17(10-24-26)18-13-29-19(6-7-23-29)21(25-18)16-4-2-15(3-5-16)11-27-8-9-28(22(31)32)14-20(27)30/h2-7,10,12-13H,8-9,11,14H2,1H3,(H,31,32). The molecule has 10 heteroatoms. The highest BCUT2D eigenvalue weighted by Crippen LogP contribution is 2.27. The number of aryl methyl sites for hydroxylation is 1. The van der Waals surface area contributed by atoms with E-state index in [1.165, 1.54) is 0 Å². The predicted molar refractivity (Wildman–Crippen MR) is 116 cm³/mol. The van der Waals surface area contributed by atoms with Crippen LogP contribution in [0.3, 0.4) is 0 Å². The zero-order valence-corrected chi connectivity index (χ0v) is 17.4. The fraction of sp³-hybridized carbons (Fsp3) is 0.227. The van der Waals surface area contributed by atoms with Gasteiger partial charge in [0.05, 0.1) is 35.5 Å². The lowest BCUT2D eigenvalue weighted by molar-refractivity contribution is -0.135. The third-order valence-electron chi connectivity index (χ3n) is 5.58. The van der Waals surface area contributed by atoms with Gasteiger partial charge in [0.2, 0.25) is 5.91 Å². The Bertz CT molecular complexity index is 1310. The lowest BCUT2D eigenvalue weighted by atomic mass is 10.1. The summed E-state index contributed by atoms with van der Waals surface area (Å²) in [7, 11) is 1.86. The first-order chi connectivity index (χ1) is 15.5. The van der Waals surface area contributed by atoms with E-state index in [1.54, 1.807) is 26.5 Å². The van der Waals surface area contributed by atoms with Crippen molar-refractivity contribution in [2.45, 2.75) is 6.54 Å². The molecule has 5 rings (SSSR count). The second kappa shape index (κ2) is 7.80. The van der Waals surface area contributed by atoms with Gasteiger partial charge >= 0.3 is 6.09 Å². The Hall–Kier alpha value is -4.21. The summed E-state index contributed by atoms with van der Waals surface area (Å²) < 4.78 is 3.54. The maximum Gasteiger partial charge on any atom is 0.407 e. The highest BCUT2D eigenvalue weighted by Gasteiger charge is 2.26. The van der Waals surface area contributed by atoms with Gasteiger partial charge in [0.15, 0.2) is 0 Å². The van der Waals surface area contributed by atoms with Crippen LogP contribution in [0.2, 0.25) is 0 Å². The van der Waals surface area contributed by atoms with Crippen LogP contribution >= 0.6 is 0 Å². The molecule has 4 heterocycles. The number of carbonyl (C=O) groups excluding carboxylic acids is 1. The molecule has 0 unspecified atom stereocenters. The monoisotopic (exact) mass is 431 g/mol. The van der Waals surface area contributed by atoms with Crippen LogP contribution < -0.4 is 0 Å². The average molecular weight is 431 g/mol. The molecule has 4 aromatic rings. The molecule has 3 aromatic heterocycles. The molecule has 0 aliphatic carbocycles. The van der Waals surface area contributed by atoms with E-state index in [1.807, 2.05) is 49.8 Å². The molecule has 0 atom stereocenters. The van der Waals surface area contributed by atoms with Gasteiger partial charge in [0.1, 0.15) is 6.54 Å². The average Bonchev–Trinajstić information content (AvgIpc) is 3.43. The van der Waals surface area contributed by atoms with Crippen molar-refractivity contribution in [2.75, 3.05) is 19.6 Å². The fourth-order valence-corrected chi connectivity index (χ4v) is 3.86. The van der Waals surface area contributed by atoms with Gasteiger partial charge in [0, 0.05) is 44.0 Å². The minimum Gasteiger partial charge on any atom is -0.465 e. The second-order valence-corrected chi connectivity index (χ2v) is 7.75. The number of carbonyl (C=O) groups is 2. The van der Waals surface area contributed by atoms with Gasteiger partial charge in [-0.3, -0.25) is 14.4 Å². The van der Waals surface area contributed by atoms with Crippen molar-refractivity contribution in [3.63, 3.8) is 0 Å². The Balaban J connectivity index is 1.40. The van der Waals surface area contributed by atoms with Gasteiger partial charge < -0.3 is 10.0 Å². The molecule has 1 N–H and O–H groups in total. The number of piperazine rings is 1. The number of hydrogen-bond donors (Lipinski definition) is 1. The van der Waals surface area contributed by atoms with Crippen molar-refractivity contribution >= 4 is 17.5 Å². The summed E-state index contributed by atoms with van der Waals surface area (Å²) in [5.74, 6) is -0.186. The highest BCUT2D eigenvalue weighted by molar-refractivity contribution is 5.83. The quantitative estimate of drug-likeness (QED) is 0.530. The van der Waals surface area contributed by atoms with E-state index in [-0.39, 0.29) is 12.5 Å². The van der Waals surface area contributed by atoms with Crippen LogP contribution in [-0.2, 0) is 18.4 Å². The van der Waals surface area contributed by atoms with E-state index >= 15 is 0 Å². The molecule has 162 valence electrons. The van der Waals surface area contributed by atoms with Crippen LogP contribution in [0.1, 0.15) is 5.56 Å². The lowest BCUT2D eigenvalue weighted by Crippen LogP contribution is -2.51. The molecule has 1 aliphatic heterocycles. The number of rotatable bonds is 4. The molecule has 0 saturated carbocycles. The third-order valence-corrected chi connectivity index (χ3v) is 5.58. The maximum absolute atomic E-state index is 12.3. The van der Waals surface area contributed by atoms with Crippen molar-refractivity contribution in [1.82, 2.24) is 34.2 Å². The van der Waals surface area contributed by atoms with Crippen LogP contribution in [0.4, 0.5) is 4.79 Å². The van der Waals surface area contributed by atoms with Crippen LogP contribution in [0, 0.1) is 0 Å². The predicted octanol–water partition coefficient (Wildman–Crippen LogP) is 2.12. The molecule has 1 saturated heterocycles. The third kappa shape index (κ3) is 3.66. The van der Waals surface area contributed by atoms with E-state index in [0.717, 1.165) is 38.5 Å². The Morgan fingerprint density at radius 3 is 2.56 bits per heavy atom. The van der Waals surface area contributed by atoms with Crippen molar-refractivity contribution in [2.24, 2.45) is 7.05 Å². The number of amides is 2. The van der Waals surface area contributed by atoms with Gasteiger partial charge in [-0.15, -0.1) is 0 Å². The first kappa shape index (κ1) is 19.7. The molecule has 1 aliphatic rings. The largest absolute Gasteiger partial charge is 0.465 e. The first-order valence-electron chi connectivity index (χ1n) is 10.2. The van der Waals surface area contributed by atoms with Crippen LogP contribution in [-0.4, -0.2) is 70.9 Å². The Morgan fingerprint density at radius 1 is 1.06 bits per heavy atom. The van der Waals surface area contributed by atoms with Crippen LogP contribution in [0.5, 0.6) is 0 Å². The SMILES string of the molecule is Cn1cc(-c2cn3nccc3c(-c3ccc(CN4CCN(C(=O)O)CC4=O)cc3)n2)cn1. The van der Waals surface area contributed by atoms with Crippen molar-refractivity contribution in [3.8, 4) is 22.5 Å². The number of nitrogens with zero attached hydrogens (tertiary/aromatic N) is 7. The summed E-state index contributed by atoms with van der Waals surface area (Å²) in [4.78, 5) is 31.0. The number of fused-ring (bicyclic) bond motifs is 1.